The van der Waals surface area contributed by atoms with Crippen LogP contribution in [0.2, 0.25) is 0 Å². The first kappa shape index (κ1) is 14.3. The van der Waals surface area contributed by atoms with E-state index in [4.69, 9.17) is 0 Å². The van der Waals surface area contributed by atoms with Crippen LogP contribution in [0.15, 0.2) is 34.9 Å². The number of carbonyl (C=O) groups is 1. The number of thioether (sulfide) groups is 1. The predicted octanol–water partition coefficient (Wildman–Crippen LogP) is 2.27. The number of nitrogens with one attached hydrogen (secondary N) is 1. The van der Waals surface area contributed by atoms with Gasteiger partial charge in [-0.1, -0.05) is 0 Å². The lowest BCUT2D eigenvalue weighted by atomic mass is 10.2. The zero-order valence-electron chi connectivity index (χ0n) is 11.7. The summed E-state index contributed by atoms with van der Waals surface area (Å²) in [7, 11) is 0. The van der Waals surface area contributed by atoms with E-state index in [0.29, 0.717) is 5.56 Å². The Morgan fingerprint density at radius 3 is 3.14 bits per heavy atom. The van der Waals surface area contributed by atoms with Crippen molar-refractivity contribution < 1.29 is 4.79 Å². The first-order valence-corrected chi connectivity index (χ1v) is 8.82. The van der Waals surface area contributed by atoms with Crippen LogP contribution in [-0.4, -0.2) is 41.3 Å². The molecule has 2 aromatic rings. The number of hydrogen-bond donors (Lipinski definition) is 1. The number of thiazole rings is 1. The molecule has 1 atom stereocenters. The van der Waals surface area contributed by atoms with Gasteiger partial charge in [0.15, 0.2) is 5.13 Å². The van der Waals surface area contributed by atoms with Crippen LogP contribution in [0.4, 0.5) is 5.13 Å². The maximum absolute atomic E-state index is 12.4. The van der Waals surface area contributed by atoms with Crippen LogP contribution in [0, 0.1) is 0 Å². The summed E-state index contributed by atoms with van der Waals surface area (Å²) >= 11 is 3.12. The second-order valence-corrected chi connectivity index (χ2v) is 6.45. The molecule has 3 rings (SSSR count). The maximum Gasteiger partial charge on any atom is 0.254 e. The number of aromatic nitrogens is 2. The number of nitrogens with zero attached hydrogens (tertiary/aromatic N) is 3. The molecular formula is C14H16N4OS2. The number of anilines is 1. The molecule has 0 radical (unpaired) electrons. The van der Waals surface area contributed by atoms with Gasteiger partial charge in [0.05, 0.1) is 5.56 Å². The van der Waals surface area contributed by atoms with Crippen molar-refractivity contribution in [3.8, 4) is 0 Å². The lowest BCUT2D eigenvalue weighted by Crippen LogP contribution is -2.37. The van der Waals surface area contributed by atoms with Crippen molar-refractivity contribution in [1.82, 2.24) is 15.3 Å². The average molecular weight is 320 g/mol. The maximum atomic E-state index is 12.4. The lowest BCUT2D eigenvalue weighted by molar-refractivity contribution is 0.0936. The van der Waals surface area contributed by atoms with Crippen LogP contribution in [-0.2, 0) is 0 Å². The third-order valence-corrected chi connectivity index (χ3v) is 4.97. The van der Waals surface area contributed by atoms with Crippen molar-refractivity contribution in [2.24, 2.45) is 0 Å². The molecule has 1 unspecified atom stereocenters. The molecule has 5 nitrogen and oxygen atoms in total. The fraction of sp³-hybridized carbons (Fsp3) is 0.357. The highest BCUT2D eigenvalue weighted by atomic mass is 32.2. The Balaban J connectivity index is 1.64. The smallest absolute Gasteiger partial charge is 0.254 e. The van der Waals surface area contributed by atoms with Crippen LogP contribution in [0.3, 0.4) is 0 Å². The molecule has 1 amide bonds. The largest absolute Gasteiger partial charge is 0.347 e. The summed E-state index contributed by atoms with van der Waals surface area (Å²) in [4.78, 5) is 23.1. The number of hydrogen-bond acceptors (Lipinski definition) is 6. The second kappa shape index (κ2) is 6.44. The fourth-order valence-electron chi connectivity index (χ4n) is 2.41. The Bertz CT molecular complexity index is 617. The van der Waals surface area contributed by atoms with Gasteiger partial charge in [-0.05, 0) is 24.8 Å². The number of amides is 1. The number of carbonyl (C=O) groups excluding carboxylic acids is 1. The minimum Gasteiger partial charge on any atom is -0.347 e. The molecule has 0 spiro atoms. The molecule has 1 saturated heterocycles. The summed E-state index contributed by atoms with van der Waals surface area (Å²) in [5.74, 6) is -0.0431. The van der Waals surface area contributed by atoms with Crippen LogP contribution in [0.5, 0.6) is 0 Å². The third kappa shape index (κ3) is 3.19. The first-order valence-electron chi connectivity index (χ1n) is 6.72. The molecule has 0 bridgehead atoms. The monoisotopic (exact) mass is 320 g/mol. The van der Waals surface area contributed by atoms with Crippen molar-refractivity contribution in [2.45, 2.75) is 17.5 Å². The second-order valence-electron chi connectivity index (χ2n) is 4.78. The Labute approximate surface area is 131 Å². The van der Waals surface area contributed by atoms with Gasteiger partial charge in [-0.2, -0.15) is 0 Å². The van der Waals surface area contributed by atoms with Crippen molar-refractivity contribution in [3.63, 3.8) is 0 Å². The molecule has 0 aliphatic carbocycles. The summed E-state index contributed by atoms with van der Waals surface area (Å²) < 4.78 is 0. The summed E-state index contributed by atoms with van der Waals surface area (Å²) in [6.07, 6.45) is 6.40. The Hall–Kier alpha value is -1.60. The highest BCUT2D eigenvalue weighted by molar-refractivity contribution is 7.98. The fourth-order valence-corrected chi connectivity index (χ4v) is 3.64. The van der Waals surface area contributed by atoms with E-state index in [-0.39, 0.29) is 11.9 Å². The van der Waals surface area contributed by atoms with E-state index in [9.17, 15) is 4.79 Å². The van der Waals surface area contributed by atoms with Crippen LogP contribution in [0.1, 0.15) is 16.8 Å². The van der Waals surface area contributed by atoms with Gasteiger partial charge in [0.1, 0.15) is 5.03 Å². The van der Waals surface area contributed by atoms with Gasteiger partial charge in [-0.15, -0.1) is 23.1 Å². The van der Waals surface area contributed by atoms with Gasteiger partial charge in [-0.25, -0.2) is 9.97 Å². The van der Waals surface area contributed by atoms with Crippen molar-refractivity contribution in [1.29, 1.82) is 0 Å². The highest BCUT2D eigenvalue weighted by Gasteiger charge is 2.26. The molecular weight excluding hydrogens is 304 g/mol. The molecule has 1 aliphatic heterocycles. The summed E-state index contributed by atoms with van der Waals surface area (Å²) in [6.45, 7) is 1.75. The van der Waals surface area contributed by atoms with E-state index in [0.717, 1.165) is 29.7 Å². The van der Waals surface area contributed by atoms with Gasteiger partial charge in [-0.3, -0.25) is 4.79 Å². The lowest BCUT2D eigenvalue weighted by Gasteiger charge is -2.16. The third-order valence-electron chi connectivity index (χ3n) is 3.42. The highest BCUT2D eigenvalue weighted by Crippen LogP contribution is 2.23. The van der Waals surface area contributed by atoms with Gasteiger partial charge < -0.3 is 10.2 Å². The molecule has 3 heterocycles. The molecule has 2 aromatic heterocycles. The SMILES string of the molecule is CSc1ncccc1C(=O)NC1CCN(c2nccs2)C1. The number of rotatable bonds is 4. The van der Waals surface area contributed by atoms with Gasteiger partial charge in [0.2, 0.25) is 0 Å². The van der Waals surface area contributed by atoms with E-state index >= 15 is 0 Å². The standard InChI is InChI=1S/C14H16N4OS2/c1-20-13-11(3-2-5-15-13)12(19)17-10-4-7-18(9-10)14-16-6-8-21-14/h2-3,5-6,8,10H,4,7,9H2,1H3,(H,17,19). The van der Waals surface area contributed by atoms with Gasteiger partial charge >= 0.3 is 0 Å². The van der Waals surface area contributed by atoms with Crippen molar-refractivity contribution in [2.75, 3.05) is 24.2 Å². The van der Waals surface area contributed by atoms with Crippen molar-refractivity contribution in [3.05, 3.63) is 35.5 Å². The van der Waals surface area contributed by atoms with E-state index in [1.807, 2.05) is 23.9 Å². The topological polar surface area (TPSA) is 58.1 Å². The Kier molecular flexibility index (Phi) is 4.40. The van der Waals surface area contributed by atoms with Crippen LogP contribution >= 0.6 is 23.1 Å². The summed E-state index contributed by atoms with van der Waals surface area (Å²) in [6, 6.07) is 3.78. The Morgan fingerprint density at radius 1 is 1.48 bits per heavy atom. The summed E-state index contributed by atoms with van der Waals surface area (Å²) in [5.41, 5.74) is 0.651. The first-order chi connectivity index (χ1) is 10.3. The minimum absolute atomic E-state index is 0.0431. The number of pyridine rings is 1. The van der Waals surface area contributed by atoms with Gasteiger partial charge in [0, 0.05) is 36.9 Å². The zero-order chi connectivity index (χ0) is 14.7. The van der Waals surface area contributed by atoms with E-state index in [2.05, 4.69) is 20.2 Å². The van der Waals surface area contributed by atoms with Crippen LogP contribution in [0.25, 0.3) is 0 Å². The molecule has 1 fully saturated rings. The normalized spacial score (nSPS) is 18.0. The van der Waals surface area contributed by atoms with Crippen LogP contribution < -0.4 is 10.2 Å². The summed E-state index contributed by atoms with van der Waals surface area (Å²) in [5, 5.41) is 6.87. The molecule has 1 N–H and O–H groups in total. The van der Waals surface area contributed by atoms with Gasteiger partial charge in [0.25, 0.3) is 5.91 Å². The van der Waals surface area contributed by atoms with E-state index < -0.39 is 0 Å². The molecule has 1 aliphatic rings. The van der Waals surface area contributed by atoms with Crippen molar-refractivity contribution >= 4 is 34.1 Å². The predicted molar refractivity (Wildman–Crippen MR) is 86.2 cm³/mol. The van der Waals surface area contributed by atoms with E-state index in [1.54, 1.807) is 23.6 Å². The molecule has 21 heavy (non-hydrogen) atoms. The zero-order valence-corrected chi connectivity index (χ0v) is 13.3. The Morgan fingerprint density at radius 2 is 2.38 bits per heavy atom. The molecule has 110 valence electrons. The quantitative estimate of drug-likeness (QED) is 0.876. The van der Waals surface area contributed by atoms with E-state index in [1.165, 1.54) is 11.8 Å². The average Bonchev–Trinajstić information content (AvgIpc) is 3.17. The minimum atomic E-state index is -0.0431. The molecule has 0 saturated carbocycles. The molecule has 0 aromatic carbocycles. The molecule has 7 heteroatoms.